The topological polar surface area (TPSA) is 112 Å². The Morgan fingerprint density at radius 1 is 1.22 bits per heavy atom. The molecule has 1 fully saturated rings. The lowest BCUT2D eigenvalue weighted by Gasteiger charge is -2.30. The van der Waals surface area contributed by atoms with Crippen molar-refractivity contribution < 1.29 is 9.53 Å². The minimum absolute atomic E-state index is 0.0250. The summed E-state index contributed by atoms with van der Waals surface area (Å²) in [5, 5.41) is 2.80. The Hall–Kier alpha value is -2.29. The number of anilines is 2. The van der Waals surface area contributed by atoms with E-state index in [0.717, 1.165) is 23.8 Å². The molecule has 1 aromatic rings. The normalized spacial score (nSPS) is 15.6. The Bertz CT molecular complexity index is 764. The second kappa shape index (κ2) is 9.59. The van der Waals surface area contributed by atoms with Gasteiger partial charge >= 0.3 is 5.69 Å². The SMILES string of the molecule is CCCCn1c(N)c(N2CCOCC2)c(=O)n(CC(=O)N[C@@H](C)CC)c1=O. The van der Waals surface area contributed by atoms with Crippen LogP contribution in [0, 0.1) is 0 Å². The van der Waals surface area contributed by atoms with Crippen molar-refractivity contribution in [3.8, 4) is 0 Å². The highest BCUT2D eigenvalue weighted by molar-refractivity contribution is 5.76. The van der Waals surface area contributed by atoms with Crippen LogP contribution in [0.15, 0.2) is 9.59 Å². The Morgan fingerprint density at radius 2 is 1.89 bits per heavy atom. The number of nitrogens with one attached hydrogen (secondary N) is 1. The van der Waals surface area contributed by atoms with E-state index >= 15 is 0 Å². The lowest BCUT2D eigenvalue weighted by atomic mass is 10.2. The maximum absolute atomic E-state index is 13.0. The lowest BCUT2D eigenvalue weighted by molar-refractivity contribution is -0.122. The van der Waals surface area contributed by atoms with Crippen molar-refractivity contribution in [3.05, 3.63) is 20.8 Å². The van der Waals surface area contributed by atoms with Crippen molar-refractivity contribution in [3.63, 3.8) is 0 Å². The standard InChI is InChI=1S/C18H31N5O4/c1-4-6-7-22-16(19)15(21-8-10-27-11-9-21)17(25)23(18(22)26)12-14(24)20-13(3)5-2/h13H,4-12,19H2,1-3H3,(H,20,24)/t13-/m0/s1. The molecule has 0 radical (unpaired) electrons. The third-order valence-corrected chi connectivity index (χ3v) is 4.83. The molecule has 0 bridgehead atoms. The fourth-order valence-corrected chi connectivity index (χ4v) is 3.02. The van der Waals surface area contributed by atoms with Crippen LogP contribution in [0.3, 0.4) is 0 Å². The van der Waals surface area contributed by atoms with Crippen LogP contribution in [0.25, 0.3) is 0 Å². The second-order valence-corrected chi connectivity index (χ2v) is 6.89. The molecule has 0 aliphatic carbocycles. The van der Waals surface area contributed by atoms with Crippen molar-refractivity contribution in [2.24, 2.45) is 0 Å². The zero-order valence-corrected chi connectivity index (χ0v) is 16.5. The highest BCUT2D eigenvalue weighted by atomic mass is 16.5. The van der Waals surface area contributed by atoms with Gasteiger partial charge in [0, 0.05) is 25.7 Å². The van der Waals surface area contributed by atoms with E-state index in [1.807, 2.05) is 25.7 Å². The molecule has 1 aliphatic rings. The van der Waals surface area contributed by atoms with Crippen molar-refractivity contribution in [2.45, 2.75) is 59.2 Å². The highest BCUT2D eigenvalue weighted by Gasteiger charge is 2.24. The van der Waals surface area contributed by atoms with Gasteiger partial charge in [0.15, 0.2) is 0 Å². The summed E-state index contributed by atoms with van der Waals surface area (Å²) in [7, 11) is 0. The van der Waals surface area contributed by atoms with Crippen molar-refractivity contribution >= 4 is 17.4 Å². The Kier molecular flexibility index (Phi) is 7.46. The molecule has 2 rings (SSSR count). The average Bonchev–Trinajstić information content (AvgIpc) is 2.66. The van der Waals surface area contributed by atoms with Gasteiger partial charge in [-0.1, -0.05) is 20.3 Å². The van der Waals surface area contributed by atoms with Crippen LogP contribution in [0.4, 0.5) is 11.5 Å². The molecule has 152 valence electrons. The largest absolute Gasteiger partial charge is 0.383 e. The van der Waals surface area contributed by atoms with E-state index in [2.05, 4.69) is 5.32 Å². The van der Waals surface area contributed by atoms with Gasteiger partial charge in [0.1, 0.15) is 18.1 Å². The quantitative estimate of drug-likeness (QED) is 0.663. The van der Waals surface area contributed by atoms with E-state index in [1.54, 1.807) is 0 Å². The van der Waals surface area contributed by atoms with E-state index in [4.69, 9.17) is 10.5 Å². The summed E-state index contributed by atoms with van der Waals surface area (Å²) in [5.74, 6) is -0.192. The third kappa shape index (κ3) is 4.91. The first-order valence-electron chi connectivity index (χ1n) is 9.65. The summed E-state index contributed by atoms with van der Waals surface area (Å²) in [6, 6.07) is -0.0250. The van der Waals surface area contributed by atoms with E-state index in [0.29, 0.717) is 32.8 Å². The van der Waals surface area contributed by atoms with E-state index in [-0.39, 0.29) is 30.0 Å². The first kappa shape index (κ1) is 21.0. The molecule has 27 heavy (non-hydrogen) atoms. The highest BCUT2D eigenvalue weighted by Crippen LogP contribution is 2.18. The number of carbonyl (C=O) groups excluding carboxylic acids is 1. The van der Waals surface area contributed by atoms with Gasteiger partial charge in [-0.3, -0.25) is 14.2 Å². The number of nitrogens with two attached hydrogens (primary N) is 1. The van der Waals surface area contributed by atoms with Gasteiger partial charge in [0.2, 0.25) is 5.91 Å². The molecule has 1 aromatic heterocycles. The lowest BCUT2D eigenvalue weighted by Crippen LogP contribution is -2.49. The van der Waals surface area contributed by atoms with Crippen LogP contribution in [0.2, 0.25) is 0 Å². The average molecular weight is 381 g/mol. The van der Waals surface area contributed by atoms with Crippen molar-refractivity contribution in [2.75, 3.05) is 36.9 Å². The summed E-state index contributed by atoms with van der Waals surface area (Å²) < 4.78 is 7.75. The fraction of sp³-hybridized carbons (Fsp3) is 0.722. The predicted molar refractivity (Wildman–Crippen MR) is 105 cm³/mol. The van der Waals surface area contributed by atoms with E-state index in [9.17, 15) is 14.4 Å². The van der Waals surface area contributed by atoms with Crippen LogP contribution in [-0.2, 0) is 22.6 Å². The molecule has 9 heteroatoms. The van der Waals surface area contributed by atoms with Gasteiger partial charge in [0.25, 0.3) is 5.56 Å². The first-order valence-corrected chi connectivity index (χ1v) is 9.65. The van der Waals surface area contributed by atoms with Gasteiger partial charge in [-0.15, -0.1) is 0 Å². The molecule has 1 aliphatic heterocycles. The second-order valence-electron chi connectivity index (χ2n) is 6.89. The summed E-state index contributed by atoms with van der Waals surface area (Å²) >= 11 is 0. The molecule has 0 aromatic carbocycles. The summed E-state index contributed by atoms with van der Waals surface area (Å²) in [6.45, 7) is 7.95. The van der Waals surface area contributed by atoms with Crippen LogP contribution in [-0.4, -0.2) is 47.4 Å². The van der Waals surface area contributed by atoms with E-state index in [1.165, 1.54) is 4.57 Å². The number of morpholine rings is 1. The zero-order valence-electron chi connectivity index (χ0n) is 16.5. The number of amides is 1. The van der Waals surface area contributed by atoms with Gasteiger partial charge in [-0.2, -0.15) is 0 Å². The maximum Gasteiger partial charge on any atom is 0.333 e. The third-order valence-electron chi connectivity index (χ3n) is 4.83. The van der Waals surface area contributed by atoms with Gasteiger partial charge < -0.3 is 20.7 Å². The van der Waals surface area contributed by atoms with Crippen LogP contribution < -0.4 is 27.2 Å². The Morgan fingerprint density at radius 3 is 2.48 bits per heavy atom. The first-order chi connectivity index (χ1) is 12.9. The number of aromatic nitrogens is 2. The summed E-state index contributed by atoms with van der Waals surface area (Å²) in [5.41, 5.74) is 5.45. The van der Waals surface area contributed by atoms with Gasteiger partial charge in [-0.05, 0) is 19.8 Å². The van der Waals surface area contributed by atoms with Crippen molar-refractivity contribution in [1.29, 1.82) is 0 Å². The van der Waals surface area contributed by atoms with Gasteiger partial charge in [-0.25, -0.2) is 9.36 Å². The minimum atomic E-state index is -0.540. The van der Waals surface area contributed by atoms with Crippen LogP contribution >= 0.6 is 0 Å². The number of unbranched alkanes of at least 4 members (excludes halogenated alkanes) is 1. The number of carbonyl (C=O) groups is 1. The zero-order chi connectivity index (χ0) is 20.0. The fourth-order valence-electron chi connectivity index (χ4n) is 3.02. The van der Waals surface area contributed by atoms with Gasteiger partial charge in [0.05, 0.1) is 13.2 Å². The predicted octanol–water partition coefficient (Wildman–Crippen LogP) is 0.144. The number of hydrogen-bond donors (Lipinski definition) is 2. The Labute approximate surface area is 159 Å². The summed E-state index contributed by atoms with van der Waals surface area (Å²) in [6.07, 6.45) is 2.40. The monoisotopic (exact) mass is 381 g/mol. The molecule has 1 atom stereocenters. The molecule has 1 saturated heterocycles. The number of ether oxygens (including phenoxy) is 1. The molecule has 0 spiro atoms. The molecule has 2 heterocycles. The smallest absolute Gasteiger partial charge is 0.333 e. The number of hydrogen-bond acceptors (Lipinski definition) is 6. The molecule has 1 amide bonds. The maximum atomic E-state index is 13.0. The molecule has 9 nitrogen and oxygen atoms in total. The number of nitrogen functional groups attached to an aromatic ring is 1. The van der Waals surface area contributed by atoms with Crippen LogP contribution in [0.1, 0.15) is 40.0 Å². The molecule has 0 unspecified atom stereocenters. The Balaban J connectivity index is 2.48. The molecule has 0 saturated carbocycles. The summed E-state index contributed by atoms with van der Waals surface area (Å²) in [4.78, 5) is 40.0. The van der Waals surface area contributed by atoms with E-state index < -0.39 is 11.2 Å². The van der Waals surface area contributed by atoms with Crippen LogP contribution in [0.5, 0.6) is 0 Å². The van der Waals surface area contributed by atoms with Crippen molar-refractivity contribution in [1.82, 2.24) is 14.5 Å². The minimum Gasteiger partial charge on any atom is -0.383 e. The molecular formula is C18H31N5O4. The molecular weight excluding hydrogens is 350 g/mol. The number of nitrogens with zero attached hydrogens (tertiary/aromatic N) is 3. The number of rotatable bonds is 8. The molecule has 3 N–H and O–H groups in total.